The van der Waals surface area contributed by atoms with E-state index < -0.39 is 0 Å². The first-order valence-corrected chi connectivity index (χ1v) is 7.82. The second kappa shape index (κ2) is 5.31. The number of aromatic nitrogens is 4. The molecule has 0 saturated carbocycles. The van der Waals surface area contributed by atoms with E-state index in [1.807, 2.05) is 24.3 Å². The zero-order valence-electron chi connectivity index (χ0n) is 9.35. The molecular weight excluding hydrogens is 335 g/mol. The number of alkyl halides is 1. The highest BCUT2D eigenvalue weighted by Crippen LogP contribution is 2.24. The molecule has 2 aliphatic heterocycles. The molecule has 0 radical (unpaired) electrons. The van der Waals surface area contributed by atoms with Crippen molar-refractivity contribution in [2.24, 2.45) is 7.05 Å². The lowest BCUT2D eigenvalue weighted by Crippen LogP contribution is -2.34. The van der Waals surface area contributed by atoms with E-state index in [1.165, 1.54) is 10.8 Å². The molecule has 0 unspecified atom stereocenters. The minimum absolute atomic E-state index is 1.01. The Bertz CT molecular complexity index is 457. The summed E-state index contributed by atoms with van der Waals surface area (Å²) in [5, 5.41) is 1.05. The molecule has 86 valence electrons. The van der Waals surface area contributed by atoms with Crippen molar-refractivity contribution in [3.05, 3.63) is 12.7 Å². The molecule has 0 aliphatic carbocycles. The summed E-state index contributed by atoms with van der Waals surface area (Å²) in [6, 6.07) is 0. The van der Waals surface area contributed by atoms with Gasteiger partial charge in [-0.3, -0.25) is 4.57 Å². The van der Waals surface area contributed by atoms with Crippen molar-refractivity contribution in [1.82, 2.24) is 14.5 Å². The number of rotatable bonds is 4. The van der Waals surface area contributed by atoms with Gasteiger partial charge in [-0.1, -0.05) is 22.6 Å². The first-order chi connectivity index (χ1) is 7.77. The van der Waals surface area contributed by atoms with E-state index >= 15 is 0 Å². The predicted octanol–water partition coefficient (Wildman–Crippen LogP) is 1.75. The Kier molecular flexibility index (Phi) is 4.01. The van der Waals surface area contributed by atoms with Crippen molar-refractivity contribution in [2.45, 2.75) is 18.0 Å². The summed E-state index contributed by atoms with van der Waals surface area (Å²) in [5.41, 5.74) is 1.15. The maximum Gasteiger partial charge on any atom is 0.297 e. The van der Waals surface area contributed by atoms with Crippen LogP contribution in [0.4, 0.5) is 0 Å². The number of nitrogens with zero attached hydrogens (tertiary/aromatic N) is 4. The minimum Gasteiger partial charge on any atom is -0.295 e. The summed E-state index contributed by atoms with van der Waals surface area (Å²) in [6.07, 6.45) is 6.96. The van der Waals surface area contributed by atoms with Gasteiger partial charge in [0.2, 0.25) is 5.69 Å². The molecule has 2 heterocycles. The zero-order chi connectivity index (χ0) is 11.5. The molecular formula is C10H14IN4S+. The molecule has 2 aliphatic rings. The summed E-state index contributed by atoms with van der Waals surface area (Å²) in [4.78, 5) is 8.88. The van der Waals surface area contributed by atoms with E-state index in [1.54, 1.807) is 11.8 Å². The largest absolute Gasteiger partial charge is 0.297 e. The Balaban J connectivity index is 2.46. The molecule has 16 heavy (non-hydrogen) atoms. The van der Waals surface area contributed by atoms with Crippen molar-refractivity contribution in [3.63, 3.8) is 0 Å². The summed E-state index contributed by atoms with van der Waals surface area (Å²) in [6.45, 7) is 1.01. The number of hydrogen-bond donors (Lipinski definition) is 0. The molecule has 6 heteroatoms. The monoisotopic (exact) mass is 349 g/mol. The molecule has 0 bridgehead atoms. The molecule has 2 rings (SSSR count). The molecule has 0 aromatic carbocycles. The standard InChI is InChI=1S/C10H14IN4S/c1-14-6-13-10(16-2)8-9(14)12-7-15(8)5-3-4-11/h6-7H,3-5H2,1-2H3/q+1. The van der Waals surface area contributed by atoms with Crippen molar-refractivity contribution in [1.29, 1.82) is 0 Å². The van der Waals surface area contributed by atoms with Gasteiger partial charge in [0.25, 0.3) is 12.2 Å². The Morgan fingerprint density at radius 1 is 1.50 bits per heavy atom. The molecule has 0 aromatic heterocycles. The van der Waals surface area contributed by atoms with Crippen molar-refractivity contribution in [2.75, 3.05) is 10.7 Å². The second-order valence-electron chi connectivity index (χ2n) is 3.52. The summed E-state index contributed by atoms with van der Waals surface area (Å²) < 4.78 is 5.33. The predicted molar refractivity (Wildman–Crippen MR) is 73.1 cm³/mol. The van der Waals surface area contributed by atoms with Crippen LogP contribution in [0.15, 0.2) is 17.7 Å². The van der Waals surface area contributed by atoms with E-state index in [-0.39, 0.29) is 0 Å². The van der Waals surface area contributed by atoms with Gasteiger partial charge in [0.15, 0.2) is 5.03 Å². The summed E-state index contributed by atoms with van der Waals surface area (Å²) >= 11 is 4.07. The van der Waals surface area contributed by atoms with Crippen LogP contribution in [-0.4, -0.2) is 25.2 Å². The van der Waals surface area contributed by atoms with E-state index in [0.29, 0.717) is 0 Å². The molecule has 0 atom stereocenters. The molecule has 4 nitrogen and oxygen atoms in total. The Morgan fingerprint density at radius 3 is 3.00 bits per heavy atom. The first kappa shape index (κ1) is 12.1. The number of fused-ring (bicyclic) bond motifs is 1. The van der Waals surface area contributed by atoms with Crippen molar-refractivity contribution in [3.8, 4) is 11.5 Å². The molecule has 0 spiro atoms. The SMILES string of the molecule is CSc1ncn(C)c2nc[n+](CCCI)c1-2. The van der Waals surface area contributed by atoms with Gasteiger partial charge in [-0.2, -0.15) is 0 Å². The van der Waals surface area contributed by atoms with E-state index in [0.717, 1.165) is 23.1 Å². The molecule has 0 amide bonds. The highest BCUT2D eigenvalue weighted by molar-refractivity contribution is 14.1. The van der Waals surface area contributed by atoms with E-state index in [9.17, 15) is 0 Å². The van der Waals surface area contributed by atoms with Crippen LogP contribution >= 0.6 is 34.4 Å². The lowest BCUT2D eigenvalue weighted by molar-refractivity contribution is -0.686. The third-order valence-corrected chi connectivity index (χ3v) is 3.88. The maximum atomic E-state index is 4.45. The fourth-order valence-electron chi connectivity index (χ4n) is 1.65. The van der Waals surface area contributed by atoms with Crippen LogP contribution in [0, 0.1) is 0 Å². The minimum atomic E-state index is 1.01. The fourth-order valence-corrected chi connectivity index (χ4v) is 2.55. The summed E-state index contributed by atoms with van der Waals surface area (Å²) in [5.74, 6) is 1.01. The lowest BCUT2D eigenvalue weighted by Gasteiger charge is -2.05. The molecule has 0 fully saturated rings. The highest BCUT2D eigenvalue weighted by atomic mass is 127. The Labute approximate surface area is 113 Å². The van der Waals surface area contributed by atoms with Crippen LogP contribution in [0.5, 0.6) is 0 Å². The number of hydrogen-bond acceptors (Lipinski definition) is 3. The number of halogens is 1. The quantitative estimate of drug-likeness (QED) is 0.277. The van der Waals surface area contributed by atoms with E-state index in [2.05, 4.69) is 43.4 Å². The van der Waals surface area contributed by atoms with Gasteiger partial charge in [0.1, 0.15) is 0 Å². The third kappa shape index (κ3) is 2.17. The van der Waals surface area contributed by atoms with Gasteiger partial charge in [-0.15, -0.1) is 11.8 Å². The number of thioether (sulfide) groups is 1. The molecule has 0 saturated heterocycles. The van der Waals surface area contributed by atoms with Gasteiger partial charge in [-0.25, -0.2) is 9.55 Å². The Hall–Kier alpha value is -0.370. The zero-order valence-corrected chi connectivity index (χ0v) is 12.3. The van der Waals surface area contributed by atoms with E-state index in [4.69, 9.17) is 0 Å². The van der Waals surface area contributed by atoms with Crippen LogP contribution in [0.2, 0.25) is 0 Å². The van der Waals surface area contributed by atoms with Crippen molar-refractivity contribution >= 4 is 34.4 Å². The second-order valence-corrected chi connectivity index (χ2v) is 5.39. The third-order valence-electron chi connectivity index (χ3n) is 2.43. The summed E-state index contributed by atoms with van der Waals surface area (Å²) in [7, 11) is 1.98. The van der Waals surface area contributed by atoms with Gasteiger partial charge in [-0.05, 0) is 17.7 Å². The van der Waals surface area contributed by atoms with Gasteiger partial charge < -0.3 is 0 Å². The van der Waals surface area contributed by atoms with Gasteiger partial charge in [0.05, 0.1) is 12.9 Å². The number of aryl methyl sites for hydroxylation is 2. The Morgan fingerprint density at radius 2 is 2.31 bits per heavy atom. The normalized spacial score (nSPS) is 11.2. The van der Waals surface area contributed by atoms with Gasteiger partial charge in [0, 0.05) is 11.5 Å². The van der Waals surface area contributed by atoms with Crippen LogP contribution in [0.3, 0.4) is 0 Å². The topological polar surface area (TPSA) is 34.6 Å². The average molecular weight is 349 g/mol. The van der Waals surface area contributed by atoms with Crippen molar-refractivity contribution < 1.29 is 4.57 Å². The number of imidazole rings is 1. The molecule has 0 aromatic rings. The molecule has 0 N–H and O–H groups in total. The maximum absolute atomic E-state index is 4.45. The average Bonchev–Trinajstić information content (AvgIpc) is 2.72. The van der Waals surface area contributed by atoms with Crippen LogP contribution in [0.1, 0.15) is 6.42 Å². The van der Waals surface area contributed by atoms with Gasteiger partial charge >= 0.3 is 0 Å². The van der Waals surface area contributed by atoms with Crippen LogP contribution in [0.25, 0.3) is 11.5 Å². The van der Waals surface area contributed by atoms with Crippen LogP contribution < -0.4 is 4.57 Å². The van der Waals surface area contributed by atoms with Crippen LogP contribution in [-0.2, 0) is 13.6 Å². The smallest absolute Gasteiger partial charge is 0.295 e. The fraction of sp³-hybridized carbons (Fsp3) is 0.500. The first-order valence-electron chi connectivity index (χ1n) is 5.07. The lowest BCUT2D eigenvalue weighted by atomic mass is 10.4. The highest BCUT2D eigenvalue weighted by Gasteiger charge is 2.26.